The fourth-order valence-electron chi connectivity index (χ4n) is 3.69. The fourth-order valence-corrected chi connectivity index (χ4v) is 3.69. The second-order valence-corrected chi connectivity index (χ2v) is 8.95. The molecule has 2 aliphatic rings. The number of hydrogen-bond donors (Lipinski definition) is 1. The van der Waals surface area contributed by atoms with Crippen molar-refractivity contribution in [2.75, 3.05) is 46.0 Å². The maximum atomic E-state index is 12.4. The van der Waals surface area contributed by atoms with Crippen LogP contribution in [-0.4, -0.2) is 79.5 Å². The number of rotatable bonds is 7. The molecular weight excluding hydrogens is 396 g/mol. The third kappa shape index (κ3) is 6.50. The van der Waals surface area contributed by atoms with E-state index in [1.165, 1.54) is 0 Å². The topological polar surface area (TPSA) is 75.6 Å². The van der Waals surface area contributed by atoms with Gasteiger partial charge >= 0.3 is 6.09 Å². The van der Waals surface area contributed by atoms with Crippen LogP contribution < -0.4 is 10.1 Å². The molecule has 1 saturated heterocycles. The van der Waals surface area contributed by atoms with Crippen molar-refractivity contribution in [2.24, 2.45) is 4.99 Å². The molecule has 1 fully saturated rings. The van der Waals surface area contributed by atoms with E-state index in [0.717, 1.165) is 29.4 Å². The maximum absolute atomic E-state index is 12.4. The van der Waals surface area contributed by atoms with Crippen LogP contribution in [0.4, 0.5) is 4.79 Å². The molecule has 1 aromatic rings. The number of guanidine groups is 1. The lowest BCUT2D eigenvalue weighted by Gasteiger charge is -2.39. The third-order valence-corrected chi connectivity index (χ3v) is 5.21. The van der Waals surface area contributed by atoms with Crippen LogP contribution >= 0.6 is 0 Å². The summed E-state index contributed by atoms with van der Waals surface area (Å²) in [7, 11) is 0. The van der Waals surface area contributed by atoms with Gasteiger partial charge < -0.3 is 29.3 Å². The number of aryl methyl sites for hydroxylation is 1. The van der Waals surface area contributed by atoms with E-state index in [0.29, 0.717) is 46.0 Å². The van der Waals surface area contributed by atoms with E-state index in [1.807, 2.05) is 27.7 Å². The minimum absolute atomic E-state index is 0.184. The molecule has 0 aromatic heterocycles. The van der Waals surface area contributed by atoms with Crippen molar-refractivity contribution in [2.45, 2.75) is 52.8 Å². The van der Waals surface area contributed by atoms with Crippen LogP contribution in [-0.2, 0) is 16.0 Å². The van der Waals surface area contributed by atoms with Crippen LogP contribution in [0.2, 0.25) is 0 Å². The number of carbonyl (C=O) groups is 1. The highest BCUT2D eigenvalue weighted by molar-refractivity contribution is 5.82. The number of fused-ring (bicyclic) bond motifs is 1. The number of nitrogens with zero attached hydrogens (tertiary/aromatic N) is 3. The Morgan fingerprint density at radius 2 is 2.06 bits per heavy atom. The molecule has 0 spiro atoms. The van der Waals surface area contributed by atoms with E-state index in [1.54, 1.807) is 4.90 Å². The number of benzene rings is 1. The number of hydrogen-bond acceptors (Lipinski definition) is 7. The van der Waals surface area contributed by atoms with E-state index in [9.17, 15) is 4.79 Å². The molecule has 31 heavy (non-hydrogen) atoms. The van der Waals surface area contributed by atoms with Gasteiger partial charge in [-0.2, -0.15) is 0 Å². The first-order valence-electron chi connectivity index (χ1n) is 11.1. The highest BCUT2D eigenvalue weighted by atomic mass is 16.6. The highest BCUT2D eigenvalue weighted by Crippen LogP contribution is 2.22. The number of piperazine rings is 1. The lowest BCUT2D eigenvalue weighted by molar-refractivity contribution is 0.0137. The van der Waals surface area contributed by atoms with Crippen molar-refractivity contribution in [3.05, 3.63) is 29.3 Å². The molecule has 1 amide bonds. The SMILES string of the molecule is CCOCCOc1cc(C)ccc1CNC1=NCC2CN(C(=O)OC(C)(C)C)CCN12. The van der Waals surface area contributed by atoms with Crippen LogP contribution in [0.5, 0.6) is 5.75 Å². The van der Waals surface area contributed by atoms with Gasteiger partial charge in [0.25, 0.3) is 0 Å². The van der Waals surface area contributed by atoms with E-state index in [-0.39, 0.29) is 12.1 Å². The Bertz CT molecular complexity index is 790. The Hall–Kier alpha value is -2.48. The molecule has 2 heterocycles. The summed E-state index contributed by atoms with van der Waals surface area (Å²) in [6, 6.07) is 6.42. The average molecular weight is 433 g/mol. The summed E-state index contributed by atoms with van der Waals surface area (Å²) in [4.78, 5) is 21.1. The van der Waals surface area contributed by atoms with E-state index >= 15 is 0 Å². The molecule has 172 valence electrons. The molecular formula is C23H36N4O4. The third-order valence-electron chi connectivity index (χ3n) is 5.21. The number of ether oxygens (including phenoxy) is 3. The Morgan fingerprint density at radius 1 is 1.26 bits per heavy atom. The van der Waals surface area contributed by atoms with Gasteiger partial charge in [0.15, 0.2) is 5.96 Å². The first-order valence-corrected chi connectivity index (χ1v) is 11.1. The van der Waals surface area contributed by atoms with Gasteiger partial charge in [0, 0.05) is 38.3 Å². The summed E-state index contributed by atoms with van der Waals surface area (Å²) in [5.41, 5.74) is 1.76. The van der Waals surface area contributed by atoms with Crippen LogP contribution in [0.15, 0.2) is 23.2 Å². The smallest absolute Gasteiger partial charge is 0.410 e. The number of carbonyl (C=O) groups excluding carboxylic acids is 1. The predicted molar refractivity (Wildman–Crippen MR) is 121 cm³/mol. The quantitative estimate of drug-likeness (QED) is 0.668. The van der Waals surface area contributed by atoms with Crippen LogP contribution in [0.1, 0.15) is 38.8 Å². The standard InChI is InChI=1S/C23H36N4O4/c1-6-29-11-12-30-20-13-17(2)7-8-18(20)14-24-21-25-15-19-16-26(9-10-27(19)21)22(28)31-23(3,4)5/h7-8,13,19H,6,9-12,14-16H2,1-5H3,(H,24,25). The minimum Gasteiger partial charge on any atom is -0.491 e. The zero-order valence-corrected chi connectivity index (χ0v) is 19.4. The van der Waals surface area contributed by atoms with Crippen LogP contribution in [0.25, 0.3) is 0 Å². The van der Waals surface area contributed by atoms with E-state index in [2.05, 4.69) is 40.3 Å². The van der Waals surface area contributed by atoms with E-state index < -0.39 is 5.60 Å². The molecule has 8 nitrogen and oxygen atoms in total. The maximum Gasteiger partial charge on any atom is 0.410 e. The summed E-state index contributed by atoms with van der Waals surface area (Å²) < 4.78 is 16.8. The summed E-state index contributed by atoms with van der Waals surface area (Å²) in [6.07, 6.45) is -0.248. The number of aliphatic imine (C=N–C) groups is 1. The lowest BCUT2D eigenvalue weighted by atomic mass is 10.1. The minimum atomic E-state index is -0.483. The predicted octanol–water partition coefficient (Wildman–Crippen LogP) is 2.79. The van der Waals surface area contributed by atoms with Crippen LogP contribution in [0.3, 0.4) is 0 Å². The van der Waals surface area contributed by atoms with Crippen molar-refractivity contribution >= 4 is 12.1 Å². The molecule has 2 aliphatic heterocycles. The highest BCUT2D eigenvalue weighted by Gasteiger charge is 2.36. The molecule has 3 rings (SSSR count). The molecule has 0 radical (unpaired) electrons. The van der Waals surface area contributed by atoms with Gasteiger partial charge in [-0.1, -0.05) is 12.1 Å². The number of amides is 1. The van der Waals surface area contributed by atoms with Crippen molar-refractivity contribution in [3.8, 4) is 5.75 Å². The van der Waals surface area contributed by atoms with Gasteiger partial charge in [-0.3, -0.25) is 4.99 Å². The zero-order valence-electron chi connectivity index (χ0n) is 19.4. The van der Waals surface area contributed by atoms with Gasteiger partial charge in [0.2, 0.25) is 0 Å². The Kier molecular flexibility index (Phi) is 7.64. The molecule has 0 bridgehead atoms. The molecule has 1 aromatic carbocycles. The monoisotopic (exact) mass is 432 g/mol. The van der Waals surface area contributed by atoms with Gasteiger partial charge in [-0.25, -0.2) is 4.79 Å². The van der Waals surface area contributed by atoms with Gasteiger partial charge in [0.05, 0.1) is 19.2 Å². The molecule has 0 aliphatic carbocycles. The summed E-state index contributed by atoms with van der Waals surface area (Å²) in [6.45, 7) is 14.8. The molecule has 0 saturated carbocycles. The summed E-state index contributed by atoms with van der Waals surface area (Å²) >= 11 is 0. The average Bonchev–Trinajstić information content (AvgIpc) is 3.11. The van der Waals surface area contributed by atoms with Gasteiger partial charge in [0.1, 0.15) is 18.0 Å². The van der Waals surface area contributed by atoms with Gasteiger partial charge in [-0.05, 0) is 46.2 Å². The fraction of sp³-hybridized carbons (Fsp3) is 0.652. The summed E-state index contributed by atoms with van der Waals surface area (Å²) in [5.74, 6) is 1.76. The lowest BCUT2D eigenvalue weighted by Crippen LogP contribution is -2.57. The Balaban J connectivity index is 1.53. The van der Waals surface area contributed by atoms with Crippen molar-refractivity contribution < 1.29 is 19.0 Å². The molecule has 8 heteroatoms. The van der Waals surface area contributed by atoms with E-state index in [4.69, 9.17) is 14.2 Å². The molecule has 1 atom stereocenters. The Morgan fingerprint density at radius 3 is 2.81 bits per heavy atom. The van der Waals surface area contributed by atoms with Crippen LogP contribution in [0, 0.1) is 6.92 Å². The normalized spacial score (nSPS) is 18.5. The van der Waals surface area contributed by atoms with Crippen molar-refractivity contribution in [1.82, 2.24) is 15.1 Å². The molecule has 1 N–H and O–H groups in total. The first kappa shape index (κ1) is 23.2. The largest absolute Gasteiger partial charge is 0.491 e. The van der Waals surface area contributed by atoms with Crippen molar-refractivity contribution in [3.63, 3.8) is 0 Å². The Labute approximate surface area is 185 Å². The zero-order chi connectivity index (χ0) is 22.4. The number of nitrogens with one attached hydrogen (secondary N) is 1. The second-order valence-electron chi connectivity index (χ2n) is 8.95. The summed E-state index contributed by atoms with van der Waals surface area (Å²) in [5, 5.41) is 3.47. The molecule has 1 unspecified atom stereocenters. The second kappa shape index (κ2) is 10.2. The van der Waals surface area contributed by atoms with Crippen molar-refractivity contribution in [1.29, 1.82) is 0 Å². The first-order chi connectivity index (χ1) is 14.8. The van der Waals surface area contributed by atoms with Gasteiger partial charge in [-0.15, -0.1) is 0 Å².